The number of likely N-dealkylation sites (tertiary alicyclic amines) is 1. The van der Waals surface area contributed by atoms with Crippen molar-refractivity contribution in [3.63, 3.8) is 0 Å². The molecule has 2 N–H and O–H groups in total. The maximum atomic E-state index is 12.4. The Balaban J connectivity index is 2.27. The molecule has 0 aromatic heterocycles. The van der Waals surface area contributed by atoms with Gasteiger partial charge in [-0.2, -0.15) is 0 Å². The second kappa shape index (κ2) is 5.74. The van der Waals surface area contributed by atoms with Gasteiger partial charge in [-0.25, -0.2) is 0 Å². The molecule has 5 nitrogen and oxygen atoms in total. The third kappa shape index (κ3) is 2.18. The van der Waals surface area contributed by atoms with Crippen molar-refractivity contribution in [2.45, 2.75) is 56.6 Å². The highest BCUT2D eigenvalue weighted by molar-refractivity contribution is 5.82. The van der Waals surface area contributed by atoms with E-state index in [4.69, 9.17) is 4.74 Å². The second-order valence-corrected chi connectivity index (χ2v) is 7.44. The van der Waals surface area contributed by atoms with Crippen molar-refractivity contribution >= 4 is 5.78 Å². The molecule has 1 aliphatic heterocycles. The number of methoxy groups -OCH3 is 1. The van der Waals surface area contributed by atoms with Crippen LogP contribution in [0.3, 0.4) is 0 Å². The number of nitrogens with zero attached hydrogens (tertiary/aromatic N) is 1. The Labute approximate surface area is 143 Å². The third-order valence-electron chi connectivity index (χ3n) is 6.40. The highest BCUT2D eigenvalue weighted by atomic mass is 16.5. The molecule has 1 aromatic rings. The Hall–Kier alpha value is -1.59. The first-order chi connectivity index (χ1) is 11.3. The average Bonchev–Trinajstić information content (AvgIpc) is 2.54. The minimum atomic E-state index is -1.05. The fraction of sp³-hybridized carbons (Fsp3) is 0.632. The molecule has 0 radical (unpaired) electrons. The van der Waals surface area contributed by atoms with Crippen LogP contribution in [0.5, 0.6) is 11.5 Å². The lowest BCUT2D eigenvalue weighted by Crippen LogP contribution is -2.69. The highest BCUT2D eigenvalue weighted by Gasteiger charge is 2.61. The summed E-state index contributed by atoms with van der Waals surface area (Å²) in [5.74, 6) is 0.595. The molecule has 1 saturated carbocycles. The zero-order valence-electron chi connectivity index (χ0n) is 14.9. The van der Waals surface area contributed by atoms with Crippen molar-refractivity contribution in [2.24, 2.45) is 0 Å². The molecule has 3 unspecified atom stereocenters. The predicted octanol–water partition coefficient (Wildman–Crippen LogP) is 2.16. The number of ether oxygens (including phenoxy) is 1. The summed E-state index contributed by atoms with van der Waals surface area (Å²) in [6.45, 7) is 4.70. The lowest BCUT2D eigenvalue weighted by atomic mass is 9.53. The number of carbonyl (C=O) groups excluding carboxylic acids is 1. The number of Topliss-reactive ketones (excluding diaryl/α,β-unsaturated/α-hetero) is 1. The topological polar surface area (TPSA) is 70.0 Å². The van der Waals surface area contributed by atoms with E-state index in [2.05, 4.69) is 4.90 Å². The quantitative estimate of drug-likeness (QED) is 0.868. The summed E-state index contributed by atoms with van der Waals surface area (Å²) in [7, 11) is 3.52. The van der Waals surface area contributed by atoms with Gasteiger partial charge in [0, 0.05) is 29.9 Å². The number of aryl methyl sites for hydroxylation is 1. The molecule has 2 aliphatic rings. The fourth-order valence-corrected chi connectivity index (χ4v) is 4.86. The Bertz CT molecular complexity index is 674. The number of phenols is 1. The van der Waals surface area contributed by atoms with E-state index in [0.717, 1.165) is 12.1 Å². The zero-order chi connectivity index (χ0) is 17.7. The van der Waals surface area contributed by atoms with Gasteiger partial charge in [0.2, 0.25) is 0 Å². The molecule has 3 atom stereocenters. The average molecular weight is 333 g/mol. The Kier molecular flexibility index (Phi) is 4.12. The van der Waals surface area contributed by atoms with Crippen LogP contribution in [0.1, 0.15) is 43.7 Å². The van der Waals surface area contributed by atoms with Crippen LogP contribution in [-0.4, -0.2) is 53.2 Å². The summed E-state index contributed by atoms with van der Waals surface area (Å²) in [4.78, 5) is 14.5. The van der Waals surface area contributed by atoms with Gasteiger partial charge >= 0.3 is 0 Å². The normalized spacial score (nSPS) is 34.0. The number of aliphatic hydroxyl groups is 1. The smallest absolute Gasteiger partial charge is 0.161 e. The van der Waals surface area contributed by atoms with E-state index < -0.39 is 11.0 Å². The first-order valence-electron chi connectivity index (χ1n) is 8.58. The summed E-state index contributed by atoms with van der Waals surface area (Å²) in [6, 6.07) is 3.53. The van der Waals surface area contributed by atoms with E-state index in [-0.39, 0.29) is 24.0 Å². The molecule has 1 saturated heterocycles. The molecule has 0 amide bonds. The van der Waals surface area contributed by atoms with E-state index in [1.54, 1.807) is 6.07 Å². The molecule has 1 aromatic carbocycles. The number of benzene rings is 1. The molecule has 5 heteroatoms. The summed E-state index contributed by atoms with van der Waals surface area (Å²) in [6.07, 6.45) is 1.72. The number of phenolic OH excluding ortho intramolecular Hbond substituents is 1. The largest absolute Gasteiger partial charge is 0.504 e. The maximum Gasteiger partial charge on any atom is 0.161 e. The van der Waals surface area contributed by atoms with Crippen LogP contribution >= 0.6 is 0 Å². The molecule has 1 heterocycles. The van der Waals surface area contributed by atoms with Crippen molar-refractivity contribution in [1.82, 2.24) is 4.90 Å². The van der Waals surface area contributed by atoms with Gasteiger partial charge in [0.15, 0.2) is 11.5 Å². The summed E-state index contributed by atoms with van der Waals surface area (Å²) >= 11 is 0. The van der Waals surface area contributed by atoms with E-state index in [0.29, 0.717) is 30.6 Å². The standard InChI is InChI=1S/C19H27NO4/c1-12-5-6-15(24-4)17(22)16(12)18-9-10-20(3)13(2)19(18,23)8-7-14(21)11-18/h5-6,13,22-23H,7-11H2,1-4H3. The van der Waals surface area contributed by atoms with Gasteiger partial charge in [0.05, 0.1) is 12.7 Å². The van der Waals surface area contributed by atoms with Crippen molar-refractivity contribution in [3.05, 3.63) is 23.3 Å². The molecule has 0 bridgehead atoms. The van der Waals surface area contributed by atoms with Gasteiger partial charge in [-0.15, -0.1) is 0 Å². The number of carbonyl (C=O) groups is 1. The maximum absolute atomic E-state index is 12.4. The van der Waals surface area contributed by atoms with E-state index in [9.17, 15) is 15.0 Å². The Morgan fingerprint density at radius 3 is 2.71 bits per heavy atom. The van der Waals surface area contributed by atoms with Crippen molar-refractivity contribution in [1.29, 1.82) is 0 Å². The number of aromatic hydroxyl groups is 1. The van der Waals surface area contributed by atoms with Crippen LogP contribution in [0.15, 0.2) is 12.1 Å². The number of ketones is 1. The molecule has 0 spiro atoms. The van der Waals surface area contributed by atoms with Crippen LogP contribution in [0.4, 0.5) is 0 Å². The molecule has 132 valence electrons. The lowest BCUT2D eigenvalue weighted by molar-refractivity contribution is -0.161. The highest BCUT2D eigenvalue weighted by Crippen LogP contribution is 2.56. The van der Waals surface area contributed by atoms with Gasteiger partial charge in [-0.05, 0) is 51.9 Å². The van der Waals surface area contributed by atoms with E-state index >= 15 is 0 Å². The molecule has 2 fully saturated rings. The van der Waals surface area contributed by atoms with Crippen LogP contribution in [0.2, 0.25) is 0 Å². The fourth-order valence-electron chi connectivity index (χ4n) is 4.86. The van der Waals surface area contributed by atoms with E-state index in [1.807, 2.05) is 27.0 Å². The minimum Gasteiger partial charge on any atom is -0.504 e. The Morgan fingerprint density at radius 2 is 2.04 bits per heavy atom. The predicted molar refractivity (Wildman–Crippen MR) is 91.6 cm³/mol. The number of hydrogen-bond acceptors (Lipinski definition) is 5. The monoisotopic (exact) mass is 333 g/mol. The molecule has 24 heavy (non-hydrogen) atoms. The van der Waals surface area contributed by atoms with Gasteiger partial charge < -0.3 is 19.8 Å². The number of fused-ring (bicyclic) bond motifs is 1. The number of likely N-dealkylation sites (N-methyl/N-ethyl adjacent to an activating group) is 1. The molecular formula is C19H27NO4. The summed E-state index contributed by atoms with van der Waals surface area (Å²) in [5.41, 5.74) is -0.255. The van der Waals surface area contributed by atoms with Gasteiger partial charge in [-0.1, -0.05) is 6.07 Å². The Morgan fingerprint density at radius 1 is 1.33 bits per heavy atom. The second-order valence-electron chi connectivity index (χ2n) is 7.44. The number of rotatable bonds is 2. The molecule has 1 aliphatic carbocycles. The zero-order valence-corrected chi connectivity index (χ0v) is 14.9. The van der Waals surface area contributed by atoms with Gasteiger partial charge in [-0.3, -0.25) is 4.79 Å². The van der Waals surface area contributed by atoms with Gasteiger partial charge in [0.1, 0.15) is 5.78 Å². The lowest BCUT2D eigenvalue weighted by Gasteiger charge is -2.59. The summed E-state index contributed by atoms with van der Waals surface area (Å²) in [5, 5.41) is 22.6. The van der Waals surface area contributed by atoms with Crippen molar-refractivity contribution < 1.29 is 19.7 Å². The van der Waals surface area contributed by atoms with Crippen LogP contribution < -0.4 is 4.74 Å². The van der Waals surface area contributed by atoms with Gasteiger partial charge in [0.25, 0.3) is 0 Å². The van der Waals surface area contributed by atoms with Crippen LogP contribution in [0, 0.1) is 6.92 Å². The number of piperidine rings is 1. The van der Waals surface area contributed by atoms with Crippen molar-refractivity contribution in [2.75, 3.05) is 20.7 Å². The SMILES string of the molecule is COc1ccc(C)c(C23CCN(C)C(C)C2(O)CCC(=O)C3)c1O. The molecular weight excluding hydrogens is 306 g/mol. The van der Waals surface area contributed by atoms with Crippen molar-refractivity contribution in [3.8, 4) is 11.5 Å². The first-order valence-corrected chi connectivity index (χ1v) is 8.58. The summed E-state index contributed by atoms with van der Waals surface area (Å²) < 4.78 is 5.29. The van der Waals surface area contributed by atoms with E-state index in [1.165, 1.54) is 7.11 Å². The molecule has 3 rings (SSSR count). The first kappa shape index (κ1) is 17.2. The van der Waals surface area contributed by atoms with Crippen LogP contribution in [-0.2, 0) is 10.2 Å². The number of hydrogen-bond donors (Lipinski definition) is 2. The third-order valence-corrected chi connectivity index (χ3v) is 6.40. The minimum absolute atomic E-state index is 0.0578. The van der Waals surface area contributed by atoms with Crippen LogP contribution in [0.25, 0.3) is 0 Å².